The lowest BCUT2D eigenvalue weighted by atomic mass is 10.1. The van der Waals surface area contributed by atoms with Crippen LogP contribution in [0, 0.1) is 0 Å². The molecule has 0 bridgehead atoms. The van der Waals surface area contributed by atoms with Crippen LogP contribution in [0.5, 0.6) is 0 Å². The van der Waals surface area contributed by atoms with E-state index in [1.807, 2.05) is 0 Å². The molecule has 19 heavy (non-hydrogen) atoms. The molecule has 0 atom stereocenters. The highest BCUT2D eigenvalue weighted by atomic mass is 35.5. The molecule has 1 fully saturated rings. The number of hydrogen-bond acceptors (Lipinski definition) is 3. The van der Waals surface area contributed by atoms with Gasteiger partial charge in [0.05, 0.1) is 13.2 Å². The fourth-order valence-electron chi connectivity index (χ4n) is 2.70. The van der Waals surface area contributed by atoms with Crippen molar-refractivity contribution in [2.24, 2.45) is 0 Å². The van der Waals surface area contributed by atoms with Gasteiger partial charge in [0.1, 0.15) is 0 Å². The normalized spacial score (nSPS) is 16.2. The number of aliphatic hydroxyl groups is 1. The molecular weight excluding hydrogens is 262 g/mol. The average molecular weight is 282 g/mol. The zero-order valence-corrected chi connectivity index (χ0v) is 11.8. The second kappa shape index (κ2) is 7.04. The van der Waals surface area contributed by atoms with E-state index in [0.29, 0.717) is 29.7 Å². The minimum Gasteiger partial charge on any atom is -0.395 e. The van der Waals surface area contributed by atoms with E-state index in [4.69, 9.17) is 16.7 Å². The SMILES string of the molecule is O=C(CN(CCO)C1CCCC1)c1ccc(Cl)cc1. The van der Waals surface area contributed by atoms with Gasteiger partial charge in [0.25, 0.3) is 0 Å². The van der Waals surface area contributed by atoms with Gasteiger partial charge in [-0.15, -0.1) is 0 Å². The molecule has 0 radical (unpaired) electrons. The largest absolute Gasteiger partial charge is 0.395 e. The van der Waals surface area contributed by atoms with Crippen LogP contribution in [0.4, 0.5) is 0 Å². The maximum Gasteiger partial charge on any atom is 0.176 e. The number of aliphatic hydroxyl groups excluding tert-OH is 1. The fourth-order valence-corrected chi connectivity index (χ4v) is 2.83. The third-order valence-electron chi connectivity index (χ3n) is 3.74. The van der Waals surface area contributed by atoms with Gasteiger partial charge < -0.3 is 5.11 Å². The third kappa shape index (κ3) is 4.03. The Labute approximate surface area is 119 Å². The zero-order chi connectivity index (χ0) is 13.7. The third-order valence-corrected chi connectivity index (χ3v) is 3.99. The van der Waals surface area contributed by atoms with Crippen molar-refractivity contribution in [3.05, 3.63) is 34.9 Å². The maximum absolute atomic E-state index is 12.2. The lowest BCUT2D eigenvalue weighted by Gasteiger charge is -2.27. The fraction of sp³-hybridized carbons (Fsp3) is 0.533. The molecular formula is C15H20ClNO2. The van der Waals surface area contributed by atoms with Crippen LogP contribution in [-0.2, 0) is 0 Å². The molecule has 1 aliphatic carbocycles. The minimum atomic E-state index is 0.0945. The van der Waals surface area contributed by atoms with E-state index in [0.717, 1.165) is 12.8 Å². The number of carbonyl (C=O) groups excluding carboxylic acids is 1. The Morgan fingerprint density at radius 2 is 1.89 bits per heavy atom. The second-order valence-electron chi connectivity index (χ2n) is 5.06. The number of hydrogen-bond donors (Lipinski definition) is 1. The monoisotopic (exact) mass is 281 g/mol. The number of ketones is 1. The van der Waals surface area contributed by atoms with Gasteiger partial charge >= 0.3 is 0 Å². The van der Waals surface area contributed by atoms with Gasteiger partial charge in [-0.1, -0.05) is 24.4 Å². The summed E-state index contributed by atoms with van der Waals surface area (Å²) >= 11 is 5.82. The molecule has 1 saturated carbocycles. The van der Waals surface area contributed by atoms with Crippen molar-refractivity contribution < 1.29 is 9.90 Å². The first-order valence-corrected chi connectivity index (χ1v) is 7.22. The Bertz CT molecular complexity index is 413. The Morgan fingerprint density at radius 3 is 2.47 bits per heavy atom. The quantitative estimate of drug-likeness (QED) is 0.815. The molecule has 1 N–H and O–H groups in total. The van der Waals surface area contributed by atoms with Gasteiger partial charge in [0.15, 0.2) is 5.78 Å². The molecule has 0 aromatic heterocycles. The van der Waals surface area contributed by atoms with Crippen LogP contribution in [0.1, 0.15) is 36.0 Å². The Balaban J connectivity index is 1.99. The van der Waals surface area contributed by atoms with Gasteiger partial charge in [-0.05, 0) is 37.1 Å². The first-order chi connectivity index (χ1) is 9.20. The predicted molar refractivity (Wildman–Crippen MR) is 76.7 cm³/mol. The molecule has 3 nitrogen and oxygen atoms in total. The van der Waals surface area contributed by atoms with Crippen LogP contribution in [0.3, 0.4) is 0 Å². The smallest absolute Gasteiger partial charge is 0.176 e. The summed E-state index contributed by atoms with van der Waals surface area (Å²) in [5.74, 6) is 0.0945. The molecule has 104 valence electrons. The summed E-state index contributed by atoms with van der Waals surface area (Å²) in [6.07, 6.45) is 4.71. The summed E-state index contributed by atoms with van der Waals surface area (Å²) in [5.41, 5.74) is 0.685. The van der Waals surface area contributed by atoms with Crippen LogP contribution in [0.25, 0.3) is 0 Å². The molecule has 0 unspecified atom stereocenters. The van der Waals surface area contributed by atoms with Gasteiger partial charge in [0, 0.05) is 23.2 Å². The number of rotatable bonds is 6. The second-order valence-corrected chi connectivity index (χ2v) is 5.50. The number of Topliss-reactive ketones (excluding diaryl/α,β-unsaturated/α-hetero) is 1. The molecule has 1 aromatic rings. The molecule has 1 aliphatic rings. The van der Waals surface area contributed by atoms with Crippen LogP contribution >= 0.6 is 11.6 Å². The van der Waals surface area contributed by atoms with Gasteiger partial charge in [-0.2, -0.15) is 0 Å². The molecule has 2 rings (SSSR count). The van der Waals surface area contributed by atoms with Crippen LogP contribution in [-0.4, -0.2) is 41.5 Å². The summed E-state index contributed by atoms with van der Waals surface area (Å²) in [5, 5.41) is 9.78. The Kier molecular flexibility index (Phi) is 5.37. The van der Waals surface area contributed by atoms with Gasteiger partial charge in [-0.3, -0.25) is 9.69 Å². The van der Waals surface area contributed by atoms with Crippen molar-refractivity contribution in [2.45, 2.75) is 31.7 Å². The zero-order valence-electron chi connectivity index (χ0n) is 11.0. The number of nitrogens with zero attached hydrogens (tertiary/aromatic N) is 1. The standard InChI is InChI=1S/C15H20ClNO2/c16-13-7-5-12(6-8-13)15(19)11-17(9-10-18)14-3-1-2-4-14/h5-8,14,18H,1-4,9-11H2. The Morgan fingerprint density at radius 1 is 1.26 bits per heavy atom. The number of benzene rings is 1. The summed E-state index contributed by atoms with van der Waals surface area (Å²) in [4.78, 5) is 14.3. The average Bonchev–Trinajstić information content (AvgIpc) is 2.92. The highest BCUT2D eigenvalue weighted by Gasteiger charge is 2.24. The number of halogens is 1. The summed E-state index contributed by atoms with van der Waals surface area (Å²) in [7, 11) is 0. The van der Waals surface area contributed by atoms with Crippen LogP contribution in [0.2, 0.25) is 5.02 Å². The Hall–Kier alpha value is -0.900. The molecule has 0 amide bonds. The number of carbonyl (C=O) groups is 1. The van der Waals surface area contributed by atoms with E-state index in [2.05, 4.69) is 4.90 Å². The summed E-state index contributed by atoms with van der Waals surface area (Å²) in [6, 6.07) is 7.44. The van der Waals surface area contributed by atoms with Crippen molar-refractivity contribution in [3.8, 4) is 0 Å². The maximum atomic E-state index is 12.2. The molecule has 0 saturated heterocycles. The molecule has 1 aromatic carbocycles. The van der Waals surface area contributed by atoms with Gasteiger partial charge in [-0.25, -0.2) is 0 Å². The van der Waals surface area contributed by atoms with E-state index in [-0.39, 0.29) is 12.4 Å². The highest BCUT2D eigenvalue weighted by Crippen LogP contribution is 2.23. The first kappa shape index (κ1) is 14.5. The predicted octanol–water partition coefficient (Wildman–Crippen LogP) is 2.76. The van der Waals surface area contributed by atoms with Crippen molar-refractivity contribution in [1.82, 2.24) is 4.90 Å². The van der Waals surface area contributed by atoms with Crippen molar-refractivity contribution in [1.29, 1.82) is 0 Å². The first-order valence-electron chi connectivity index (χ1n) is 6.84. The molecule has 0 aliphatic heterocycles. The molecule has 0 spiro atoms. The highest BCUT2D eigenvalue weighted by molar-refractivity contribution is 6.30. The van der Waals surface area contributed by atoms with E-state index < -0.39 is 0 Å². The van der Waals surface area contributed by atoms with E-state index in [1.54, 1.807) is 24.3 Å². The van der Waals surface area contributed by atoms with Crippen LogP contribution in [0.15, 0.2) is 24.3 Å². The van der Waals surface area contributed by atoms with E-state index >= 15 is 0 Å². The van der Waals surface area contributed by atoms with E-state index in [1.165, 1.54) is 12.8 Å². The summed E-state index contributed by atoms with van der Waals surface area (Å²) in [6.45, 7) is 1.06. The molecule has 4 heteroatoms. The lowest BCUT2D eigenvalue weighted by Crippen LogP contribution is -2.39. The topological polar surface area (TPSA) is 40.5 Å². The summed E-state index contributed by atoms with van der Waals surface area (Å²) < 4.78 is 0. The van der Waals surface area contributed by atoms with Crippen molar-refractivity contribution in [2.75, 3.05) is 19.7 Å². The van der Waals surface area contributed by atoms with Crippen molar-refractivity contribution >= 4 is 17.4 Å². The van der Waals surface area contributed by atoms with Gasteiger partial charge in [0.2, 0.25) is 0 Å². The molecule has 0 heterocycles. The lowest BCUT2D eigenvalue weighted by molar-refractivity contribution is 0.0862. The minimum absolute atomic E-state index is 0.0945. The van der Waals surface area contributed by atoms with E-state index in [9.17, 15) is 4.79 Å². The van der Waals surface area contributed by atoms with Crippen LogP contribution < -0.4 is 0 Å². The van der Waals surface area contributed by atoms with Crippen molar-refractivity contribution in [3.63, 3.8) is 0 Å².